The molecule has 42 heavy (non-hydrogen) atoms. The first-order valence-corrected chi connectivity index (χ1v) is 16.7. The molecule has 1 heterocycles. The van der Waals surface area contributed by atoms with Gasteiger partial charge in [-0.05, 0) is 79.1 Å². The maximum absolute atomic E-state index is 15.1. The van der Waals surface area contributed by atoms with E-state index in [1.165, 1.54) is 18.2 Å². The molecule has 1 aliphatic heterocycles. The number of amides is 1. The number of piperidine rings is 1. The molecular formula is C33H35Cl2FN2O3S. The van der Waals surface area contributed by atoms with Crippen LogP contribution in [-0.2, 0) is 14.8 Å². The average molecular weight is 630 g/mol. The third-order valence-electron chi connectivity index (χ3n) is 8.58. The minimum absolute atomic E-state index is 0.0293. The smallest absolute Gasteiger partial charge is 0.232 e. The molecule has 0 spiro atoms. The molecule has 5 rings (SSSR count). The highest BCUT2D eigenvalue weighted by molar-refractivity contribution is 7.92. The van der Waals surface area contributed by atoms with Crippen molar-refractivity contribution in [2.24, 2.45) is 11.3 Å². The van der Waals surface area contributed by atoms with E-state index in [-0.39, 0.29) is 30.0 Å². The van der Waals surface area contributed by atoms with Gasteiger partial charge in [0.2, 0.25) is 15.9 Å². The van der Waals surface area contributed by atoms with Gasteiger partial charge in [0.05, 0.1) is 36.0 Å². The third kappa shape index (κ3) is 6.24. The van der Waals surface area contributed by atoms with Gasteiger partial charge in [0, 0.05) is 16.0 Å². The molecule has 0 aromatic heterocycles. The summed E-state index contributed by atoms with van der Waals surface area (Å²) < 4.78 is 42.5. The van der Waals surface area contributed by atoms with Crippen molar-refractivity contribution in [1.29, 1.82) is 0 Å². The number of hydrogen-bond donors (Lipinski definition) is 0. The second-order valence-electron chi connectivity index (χ2n) is 11.8. The van der Waals surface area contributed by atoms with E-state index in [1.807, 2.05) is 48.2 Å². The van der Waals surface area contributed by atoms with E-state index < -0.39 is 33.3 Å². The summed E-state index contributed by atoms with van der Waals surface area (Å²) in [5.41, 5.74) is 1.05. The second kappa shape index (κ2) is 12.0. The average Bonchev–Trinajstić information content (AvgIpc) is 3.77. The molecule has 1 saturated carbocycles. The fourth-order valence-electron chi connectivity index (χ4n) is 6.43. The Hall–Kier alpha value is -2.87. The highest BCUT2D eigenvalue weighted by Gasteiger charge is 2.54. The lowest BCUT2D eigenvalue weighted by Gasteiger charge is -2.52. The van der Waals surface area contributed by atoms with E-state index in [4.69, 9.17) is 23.2 Å². The molecular weight excluding hydrogens is 594 g/mol. The Morgan fingerprint density at radius 2 is 1.74 bits per heavy atom. The predicted molar refractivity (Wildman–Crippen MR) is 168 cm³/mol. The van der Waals surface area contributed by atoms with Crippen molar-refractivity contribution >= 4 is 44.8 Å². The van der Waals surface area contributed by atoms with Crippen LogP contribution in [0.15, 0.2) is 85.5 Å². The number of carbonyl (C=O) groups is 1. The lowest BCUT2D eigenvalue weighted by atomic mass is 9.67. The summed E-state index contributed by atoms with van der Waals surface area (Å²) >= 11 is 12.8. The summed E-state index contributed by atoms with van der Waals surface area (Å²) in [6.45, 7) is 5.84. The van der Waals surface area contributed by atoms with E-state index >= 15 is 4.39 Å². The molecule has 4 atom stereocenters. The Labute approximate surface area is 258 Å². The third-order valence-corrected chi connectivity index (χ3v) is 10.2. The van der Waals surface area contributed by atoms with Crippen LogP contribution in [0.3, 0.4) is 0 Å². The number of nitrogens with zero attached hydrogens (tertiary/aromatic N) is 2. The predicted octanol–water partition coefficient (Wildman–Crippen LogP) is 8.02. The first kappa shape index (κ1) is 30.6. The van der Waals surface area contributed by atoms with Crippen molar-refractivity contribution in [3.63, 3.8) is 0 Å². The quantitative estimate of drug-likeness (QED) is 0.214. The molecule has 222 valence electrons. The van der Waals surface area contributed by atoms with Crippen LogP contribution in [0.1, 0.15) is 55.7 Å². The zero-order chi connectivity index (χ0) is 30.2. The van der Waals surface area contributed by atoms with Crippen LogP contribution in [0.4, 0.5) is 10.1 Å². The Kier molecular flexibility index (Phi) is 8.75. The zero-order valence-corrected chi connectivity index (χ0v) is 26.0. The lowest BCUT2D eigenvalue weighted by Crippen LogP contribution is -2.59. The van der Waals surface area contributed by atoms with Gasteiger partial charge in [-0.15, -0.1) is 6.58 Å². The first-order chi connectivity index (χ1) is 19.9. The van der Waals surface area contributed by atoms with Crippen LogP contribution in [0.25, 0.3) is 0 Å². The number of allylic oxidation sites excluding steroid dienone is 1. The van der Waals surface area contributed by atoms with Gasteiger partial charge in [0.1, 0.15) is 5.82 Å². The van der Waals surface area contributed by atoms with Crippen molar-refractivity contribution in [2.45, 2.75) is 50.6 Å². The van der Waals surface area contributed by atoms with Gasteiger partial charge in [-0.3, -0.25) is 9.10 Å². The maximum Gasteiger partial charge on any atom is 0.232 e. The van der Waals surface area contributed by atoms with Gasteiger partial charge < -0.3 is 4.90 Å². The molecule has 1 unspecified atom stereocenters. The highest BCUT2D eigenvalue weighted by Crippen LogP contribution is 2.54. The number of rotatable bonds is 10. The number of anilines is 1. The lowest BCUT2D eigenvalue weighted by molar-refractivity contribution is -0.154. The molecule has 0 radical (unpaired) electrons. The Morgan fingerprint density at radius 3 is 2.33 bits per heavy atom. The van der Waals surface area contributed by atoms with E-state index in [1.54, 1.807) is 24.3 Å². The molecule has 0 bridgehead atoms. The Bertz CT molecular complexity index is 1580. The highest BCUT2D eigenvalue weighted by atomic mass is 35.5. The van der Waals surface area contributed by atoms with Gasteiger partial charge in [0.25, 0.3) is 0 Å². The first-order valence-electron chi connectivity index (χ1n) is 14.1. The molecule has 3 aromatic carbocycles. The molecule has 2 fully saturated rings. The number of halogens is 3. The molecule has 2 aliphatic rings. The second-order valence-corrected chi connectivity index (χ2v) is 14.6. The summed E-state index contributed by atoms with van der Waals surface area (Å²) in [5, 5.41) is 1.17. The normalized spacial score (nSPS) is 23.5. The Morgan fingerprint density at radius 1 is 1.05 bits per heavy atom. The van der Waals surface area contributed by atoms with Crippen LogP contribution in [0.2, 0.25) is 10.0 Å². The van der Waals surface area contributed by atoms with Crippen LogP contribution < -0.4 is 4.31 Å². The molecule has 1 amide bonds. The maximum atomic E-state index is 15.1. The SMILES string of the molecule is C=CC[C@@]1(C)C[C@H](c2cccc(Cl)c2)[C@@H](c2ccc(Cl)cc2)N(C(CN(c2ccccc2F)S(C)(=O)=O)C2CC2)C1=O. The molecule has 3 aromatic rings. The van der Waals surface area contributed by atoms with Crippen molar-refractivity contribution in [3.8, 4) is 0 Å². The largest absolute Gasteiger partial charge is 0.329 e. The van der Waals surface area contributed by atoms with Crippen LogP contribution in [-0.4, -0.2) is 38.1 Å². The monoisotopic (exact) mass is 628 g/mol. The standard InChI is InChI=1S/C33H35Cl2FN2O3S/c1-4-18-33(2)20-27(24-8-7-9-26(35)19-24)31(23-14-16-25(34)17-15-23)38(32(33)39)30(22-12-13-22)21-37(42(3,40)41)29-11-6-5-10-28(29)36/h4-11,14-17,19,22,27,30-31H,1,12-13,18,20-21H2,2-3H3/t27-,30?,31-,33+/m1/s1. The zero-order valence-electron chi connectivity index (χ0n) is 23.7. The van der Waals surface area contributed by atoms with Gasteiger partial charge in [-0.2, -0.15) is 0 Å². The summed E-state index contributed by atoms with van der Waals surface area (Å²) in [7, 11) is -3.89. The summed E-state index contributed by atoms with van der Waals surface area (Å²) in [4.78, 5) is 16.6. The minimum Gasteiger partial charge on any atom is -0.329 e. The number of para-hydroxylation sites is 1. The fraction of sp³-hybridized carbons (Fsp3) is 0.364. The Balaban J connectivity index is 1.70. The molecule has 1 aliphatic carbocycles. The van der Waals surface area contributed by atoms with Gasteiger partial charge in [-0.25, -0.2) is 12.8 Å². The van der Waals surface area contributed by atoms with Crippen molar-refractivity contribution in [2.75, 3.05) is 17.1 Å². The molecule has 0 N–H and O–H groups in total. The van der Waals surface area contributed by atoms with Crippen molar-refractivity contribution in [3.05, 3.63) is 112 Å². The van der Waals surface area contributed by atoms with Gasteiger partial charge in [0.15, 0.2) is 0 Å². The summed E-state index contributed by atoms with van der Waals surface area (Å²) in [5.74, 6) is -0.802. The molecule has 9 heteroatoms. The van der Waals surface area contributed by atoms with E-state index in [9.17, 15) is 13.2 Å². The van der Waals surface area contributed by atoms with Crippen LogP contribution in [0.5, 0.6) is 0 Å². The number of sulfonamides is 1. The van der Waals surface area contributed by atoms with Crippen LogP contribution in [0, 0.1) is 17.2 Å². The number of carbonyl (C=O) groups excluding carboxylic acids is 1. The summed E-state index contributed by atoms with van der Waals surface area (Å²) in [6, 6.07) is 20.1. The van der Waals surface area contributed by atoms with Gasteiger partial charge in [-0.1, -0.05) is 72.6 Å². The van der Waals surface area contributed by atoms with Crippen molar-refractivity contribution < 1.29 is 17.6 Å². The number of hydrogen-bond acceptors (Lipinski definition) is 3. The van der Waals surface area contributed by atoms with Gasteiger partial charge >= 0.3 is 0 Å². The topological polar surface area (TPSA) is 57.7 Å². The number of benzene rings is 3. The van der Waals surface area contributed by atoms with E-state index in [0.717, 1.165) is 34.5 Å². The van der Waals surface area contributed by atoms with Crippen LogP contribution >= 0.6 is 23.2 Å². The molecule has 1 saturated heterocycles. The van der Waals surface area contributed by atoms with E-state index in [2.05, 4.69) is 6.58 Å². The van der Waals surface area contributed by atoms with E-state index in [0.29, 0.717) is 22.9 Å². The summed E-state index contributed by atoms with van der Waals surface area (Å²) in [6.07, 6.45) is 5.53. The minimum atomic E-state index is -3.89. The molecule has 5 nitrogen and oxygen atoms in total. The number of likely N-dealkylation sites (tertiary alicyclic amines) is 1. The fourth-order valence-corrected chi connectivity index (χ4v) is 7.69. The van der Waals surface area contributed by atoms with Crippen molar-refractivity contribution in [1.82, 2.24) is 4.90 Å².